The van der Waals surface area contributed by atoms with Crippen molar-refractivity contribution in [2.45, 2.75) is 32.2 Å². The number of ether oxygens (including phenoxy) is 1. The molecule has 2 N–H and O–H groups in total. The Kier molecular flexibility index (Phi) is 8.19. The second-order valence-electron chi connectivity index (χ2n) is 6.42. The van der Waals surface area contributed by atoms with Crippen LogP contribution in [0.25, 0.3) is 0 Å². The first-order valence-corrected chi connectivity index (χ1v) is 11.2. The van der Waals surface area contributed by atoms with Gasteiger partial charge in [0.25, 0.3) is 0 Å². The zero-order valence-electron chi connectivity index (χ0n) is 16.2. The average Bonchev–Trinajstić information content (AvgIpc) is 2.68. The van der Waals surface area contributed by atoms with E-state index in [1.165, 1.54) is 0 Å². The Hall–Kier alpha value is -1.51. The predicted octanol–water partition coefficient (Wildman–Crippen LogP) is 1.87. The molecule has 7 nitrogen and oxygen atoms in total. The Labute approximate surface area is 167 Å². The summed E-state index contributed by atoms with van der Waals surface area (Å²) in [7, 11) is 0.250. The molecule has 1 fully saturated rings. The van der Waals surface area contributed by atoms with Gasteiger partial charge in [0, 0.05) is 37.7 Å². The van der Waals surface area contributed by atoms with E-state index < -0.39 is 10.0 Å². The maximum absolute atomic E-state index is 11.9. The van der Waals surface area contributed by atoms with E-state index in [4.69, 9.17) is 16.3 Å². The van der Waals surface area contributed by atoms with Gasteiger partial charge in [0.15, 0.2) is 5.96 Å². The van der Waals surface area contributed by atoms with Crippen LogP contribution >= 0.6 is 11.6 Å². The Morgan fingerprint density at radius 2 is 2.07 bits per heavy atom. The molecule has 27 heavy (non-hydrogen) atoms. The number of guanidine groups is 1. The standard InChI is InChI=1S/C18H29ClN4O3S/c1-4-27(24,25)23-11-8-15(9-12-23)22-18(20-2)21-10-7-14-5-6-16(26-3)13-17(14)19/h5-6,13,15H,4,7-12H2,1-3H3,(H2,20,21,22). The fraction of sp³-hybridized carbons (Fsp3) is 0.611. The van der Waals surface area contributed by atoms with Gasteiger partial charge in [-0.3, -0.25) is 4.99 Å². The van der Waals surface area contributed by atoms with Gasteiger partial charge in [-0.1, -0.05) is 17.7 Å². The van der Waals surface area contributed by atoms with Crippen molar-refractivity contribution in [3.8, 4) is 5.75 Å². The summed E-state index contributed by atoms with van der Waals surface area (Å²) in [4.78, 5) is 4.26. The molecule has 0 amide bonds. The van der Waals surface area contributed by atoms with E-state index >= 15 is 0 Å². The molecule has 1 saturated heterocycles. The van der Waals surface area contributed by atoms with Crippen LogP contribution in [0, 0.1) is 0 Å². The molecule has 1 aliphatic rings. The molecule has 0 radical (unpaired) electrons. The molecule has 0 unspecified atom stereocenters. The van der Waals surface area contributed by atoms with Crippen LogP contribution in [0.2, 0.25) is 5.02 Å². The fourth-order valence-corrected chi connectivity index (χ4v) is 4.42. The first kappa shape index (κ1) is 21.8. The van der Waals surface area contributed by atoms with Crippen LogP contribution in [-0.4, -0.2) is 64.3 Å². The van der Waals surface area contributed by atoms with Crippen LogP contribution in [0.15, 0.2) is 23.2 Å². The zero-order valence-corrected chi connectivity index (χ0v) is 17.7. The highest BCUT2D eigenvalue weighted by atomic mass is 35.5. The van der Waals surface area contributed by atoms with Crippen molar-refractivity contribution in [3.63, 3.8) is 0 Å². The van der Waals surface area contributed by atoms with Crippen molar-refractivity contribution in [1.29, 1.82) is 0 Å². The summed E-state index contributed by atoms with van der Waals surface area (Å²) < 4.78 is 30.6. The third kappa shape index (κ3) is 6.26. The number of hydrogen-bond donors (Lipinski definition) is 2. The van der Waals surface area contributed by atoms with Crippen LogP contribution in [0.5, 0.6) is 5.75 Å². The number of benzene rings is 1. The van der Waals surface area contributed by atoms with Crippen LogP contribution in [0.1, 0.15) is 25.3 Å². The lowest BCUT2D eigenvalue weighted by Gasteiger charge is -2.32. The number of aliphatic imine (C=N–C) groups is 1. The van der Waals surface area contributed by atoms with E-state index in [9.17, 15) is 8.42 Å². The number of sulfonamides is 1. The molecule has 9 heteroatoms. The number of methoxy groups -OCH3 is 1. The van der Waals surface area contributed by atoms with Crippen molar-refractivity contribution < 1.29 is 13.2 Å². The molecule has 1 aromatic carbocycles. The van der Waals surface area contributed by atoms with Gasteiger partial charge in [0.05, 0.1) is 12.9 Å². The van der Waals surface area contributed by atoms with Gasteiger partial charge in [-0.25, -0.2) is 12.7 Å². The van der Waals surface area contributed by atoms with Crippen LogP contribution in [0.4, 0.5) is 0 Å². The van der Waals surface area contributed by atoms with Crippen molar-refractivity contribution in [1.82, 2.24) is 14.9 Å². The first-order chi connectivity index (χ1) is 12.9. The van der Waals surface area contributed by atoms with E-state index in [0.717, 1.165) is 36.5 Å². The molecule has 0 aliphatic carbocycles. The maximum atomic E-state index is 11.9. The van der Waals surface area contributed by atoms with E-state index in [0.29, 0.717) is 24.7 Å². The normalized spacial score (nSPS) is 17.0. The fourth-order valence-electron chi connectivity index (χ4n) is 3.02. The monoisotopic (exact) mass is 416 g/mol. The number of nitrogens with one attached hydrogen (secondary N) is 2. The second-order valence-corrected chi connectivity index (χ2v) is 9.09. The number of nitrogens with zero attached hydrogens (tertiary/aromatic N) is 2. The summed E-state index contributed by atoms with van der Waals surface area (Å²) in [6.45, 7) is 3.47. The zero-order chi connectivity index (χ0) is 19.9. The van der Waals surface area contributed by atoms with E-state index in [-0.39, 0.29) is 11.8 Å². The van der Waals surface area contributed by atoms with E-state index in [1.807, 2.05) is 18.2 Å². The molecule has 0 saturated carbocycles. The predicted molar refractivity (Wildman–Crippen MR) is 110 cm³/mol. The van der Waals surface area contributed by atoms with E-state index in [1.54, 1.807) is 25.4 Å². The number of piperidine rings is 1. The Morgan fingerprint density at radius 3 is 2.63 bits per heavy atom. The van der Waals surface area contributed by atoms with Crippen molar-refractivity contribution in [2.75, 3.05) is 39.5 Å². The lowest BCUT2D eigenvalue weighted by Crippen LogP contribution is -2.50. The maximum Gasteiger partial charge on any atom is 0.213 e. The molecule has 152 valence electrons. The molecular weight excluding hydrogens is 388 g/mol. The van der Waals surface area contributed by atoms with Crippen molar-refractivity contribution >= 4 is 27.6 Å². The Balaban J connectivity index is 1.78. The molecule has 1 heterocycles. The summed E-state index contributed by atoms with van der Waals surface area (Å²) in [5, 5.41) is 7.35. The smallest absolute Gasteiger partial charge is 0.213 e. The Bertz CT molecular complexity index is 747. The third-order valence-corrected chi connectivity index (χ3v) is 6.96. The minimum Gasteiger partial charge on any atom is -0.497 e. The molecule has 1 aliphatic heterocycles. The quantitative estimate of drug-likeness (QED) is 0.523. The topological polar surface area (TPSA) is 83.0 Å². The molecule has 0 spiro atoms. The highest BCUT2D eigenvalue weighted by molar-refractivity contribution is 7.89. The van der Waals surface area contributed by atoms with E-state index in [2.05, 4.69) is 15.6 Å². The number of rotatable bonds is 7. The van der Waals surface area contributed by atoms with Gasteiger partial charge in [0.1, 0.15) is 5.75 Å². The largest absolute Gasteiger partial charge is 0.497 e. The third-order valence-electron chi connectivity index (χ3n) is 4.72. The van der Waals surface area contributed by atoms with Gasteiger partial charge in [-0.05, 0) is 43.9 Å². The van der Waals surface area contributed by atoms with Gasteiger partial charge in [-0.15, -0.1) is 0 Å². The summed E-state index contributed by atoms with van der Waals surface area (Å²) in [6, 6.07) is 5.88. The molecule has 1 aromatic rings. The molecular formula is C18H29ClN4O3S. The lowest BCUT2D eigenvalue weighted by atomic mass is 10.1. The highest BCUT2D eigenvalue weighted by Gasteiger charge is 2.26. The number of halogens is 1. The SMILES string of the molecule is CCS(=O)(=O)N1CCC(NC(=NC)NCCc2ccc(OC)cc2Cl)CC1. The van der Waals surface area contributed by atoms with Gasteiger partial charge in [0.2, 0.25) is 10.0 Å². The molecule has 0 bridgehead atoms. The van der Waals surface area contributed by atoms with Gasteiger partial charge in [-0.2, -0.15) is 0 Å². The van der Waals surface area contributed by atoms with Crippen molar-refractivity contribution in [3.05, 3.63) is 28.8 Å². The molecule has 0 aromatic heterocycles. The minimum atomic E-state index is -3.09. The number of hydrogen-bond acceptors (Lipinski definition) is 4. The summed E-state index contributed by atoms with van der Waals surface area (Å²) in [5.74, 6) is 1.62. The Morgan fingerprint density at radius 1 is 1.37 bits per heavy atom. The van der Waals surface area contributed by atoms with Gasteiger partial charge >= 0.3 is 0 Å². The van der Waals surface area contributed by atoms with Crippen LogP contribution < -0.4 is 15.4 Å². The van der Waals surface area contributed by atoms with Crippen LogP contribution in [-0.2, 0) is 16.4 Å². The van der Waals surface area contributed by atoms with Crippen molar-refractivity contribution in [2.24, 2.45) is 4.99 Å². The summed E-state index contributed by atoms with van der Waals surface area (Å²) in [6.07, 6.45) is 2.30. The van der Waals surface area contributed by atoms with Gasteiger partial charge < -0.3 is 15.4 Å². The van der Waals surface area contributed by atoms with Crippen LogP contribution in [0.3, 0.4) is 0 Å². The summed E-state index contributed by atoms with van der Waals surface area (Å²) >= 11 is 6.27. The lowest BCUT2D eigenvalue weighted by molar-refractivity contribution is 0.306. The average molecular weight is 417 g/mol. The molecule has 2 rings (SSSR count). The highest BCUT2D eigenvalue weighted by Crippen LogP contribution is 2.22. The first-order valence-electron chi connectivity index (χ1n) is 9.17. The molecule has 0 atom stereocenters. The second kappa shape index (κ2) is 10.1. The minimum absolute atomic E-state index is 0.155. The summed E-state index contributed by atoms with van der Waals surface area (Å²) in [5.41, 5.74) is 1.04.